The van der Waals surface area contributed by atoms with Crippen molar-refractivity contribution < 1.29 is 28.9 Å². The molecule has 0 fully saturated rings. The average Bonchev–Trinajstić information content (AvgIpc) is 2.65. The van der Waals surface area contributed by atoms with Crippen molar-refractivity contribution >= 4 is 52.3 Å². The van der Waals surface area contributed by atoms with Gasteiger partial charge in [-0.2, -0.15) is 5.10 Å². The van der Waals surface area contributed by atoms with Gasteiger partial charge in [0, 0.05) is 5.02 Å². The van der Waals surface area contributed by atoms with Gasteiger partial charge in [0.15, 0.2) is 24.7 Å². The maximum absolute atomic E-state index is 11.8. The fraction of sp³-hybridized carbons (Fsp3) is 0.167. The summed E-state index contributed by atoms with van der Waals surface area (Å²) in [6, 6.07) is 10.0. The summed E-state index contributed by atoms with van der Waals surface area (Å²) in [5, 5.41) is 13.1. The van der Waals surface area contributed by atoms with E-state index in [1.54, 1.807) is 36.4 Å². The van der Waals surface area contributed by atoms with E-state index >= 15 is 0 Å². The summed E-state index contributed by atoms with van der Waals surface area (Å²) in [7, 11) is 1.44. The van der Waals surface area contributed by atoms with Crippen molar-refractivity contribution in [3.63, 3.8) is 0 Å². The molecule has 2 N–H and O–H groups in total. The highest BCUT2D eigenvalue weighted by atomic mass is 127. The number of hydrogen-bond acceptors (Lipinski definition) is 6. The number of hydrazone groups is 1. The van der Waals surface area contributed by atoms with Crippen LogP contribution in [0.3, 0.4) is 0 Å². The lowest BCUT2D eigenvalue weighted by Crippen LogP contribution is -2.24. The monoisotopic (exact) mass is 518 g/mol. The van der Waals surface area contributed by atoms with E-state index in [-0.39, 0.29) is 6.61 Å². The van der Waals surface area contributed by atoms with Crippen LogP contribution in [0, 0.1) is 3.57 Å². The Bertz CT molecular complexity index is 890. The Morgan fingerprint density at radius 1 is 1.25 bits per heavy atom. The molecule has 0 aliphatic carbocycles. The Labute approximate surface area is 179 Å². The van der Waals surface area contributed by atoms with Crippen LogP contribution in [-0.2, 0) is 9.59 Å². The van der Waals surface area contributed by atoms with Crippen molar-refractivity contribution in [2.24, 2.45) is 5.10 Å². The SMILES string of the molecule is COc1cc(/C=N/NC(=O)COc2cccc(Cl)c2)cc(I)c1OCC(=O)O. The molecule has 0 aliphatic rings. The first kappa shape index (κ1) is 21.8. The van der Waals surface area contributed by atoms with Crippen molar-refractivity contribution in [1.82, 2.24) is 5.43 Å². The van der Waals surface area contributed by atoms with Gasteiger partial charge >= 0.3 is 5.97 Å². The molecule has 0 aromatic heterocycles. The highest BCUT2D eigenvalue weighted by Crippen LogP contribution is 2.33. The van der Waals surface area contributed by atoms with Gasteiger partial charge in [-0.1, -0.05) is 17.7 Å². The number of aliphatic carboxylic acids is 1. The summed E-state index contributed by atoms with van der Waals surface area (Å²) in [5.74, 6) is -0.389. The highest BCUT2D eigenvalue weighted by Gasteiger charge is 2.12. The van der Waals surface area contributed by atoms with E-state index in [1.807, 2.05) is 22.6 Å². The molecule has 0 aliphatic heterocycles. The second kappa shape index (κ2) is 10.7. The molecule has 10 heteroatoms. The lowest BCUT2D eigenvalue weighted by Gasteiger charge is -2.12. The Morgan fingerprint density at radius 3 is 2.71 bits per heavy atom. The summed E-state index contributed by atoms with van der Waals surface area (Å²) in [5.41, 5.74) is 2.97. The summed E-state index contributed by atoms with van der Waals surface area (Å²) in [6.07, 6.45) is 1.42. The van der Waals surface area contributed by atoms with Gasteiger partial charge in [-0.15, -0.1) is 0 Å². The first-order chi connectivity index (χ1) is 13.4. The number of halogens is 2. The van der Waals surface area contributed by atoms with Gasteiger partial charge in [0.05, 0.1) is 16.9 Å². The first-order valence-corrected chi connectivity index (χ1v) is 9.27. The fourth-order valence-electron chi connectivity index (χ4n) is 2.01. The number of hydrogen-bond donors (Lipinski definition) is 2. The largest absolute Gasteiger partial charge is 0.493 e. The van der Waals surface area contributed by atoms with Gasteiger partial charge in [-0.3, -0.25) is 4.79 Å². The zero-order chi connectivity index (χ0) is 20.5. The first-order valence-electron chi connectivity index (χ1n) is 7.81. The number of methoxy groups -OCH3 is 1. The molecule has 0 saturated carbocycles. The minimum atomic E-state index is -1.09. The van der Waals surface area contributed by atoms with E-state index in [1.165, 1.54) is 13.3 Å². The molecule has 1 amide bonds. The predicted octanol–water partition coefficient (Wildman–Crippen LogP) is 2.95. The van der Waals surface area contributed by atoms with Crippen LogP contribution in [-0.4, -0.2) is 43.5 Å². The van der Waals surface area contributed by atoms with Crippen LogP contribution in [0.4, 0.5) is 0 Å². The molecular weight excluding hydrogens is 503 g/mol. The van der Waals surface area contributed by atoms with Gasteiger partial charge in [-0.05, 0) is 58.5 Å². The van der Waals surface area contributed by atoms with Crippen LogP contribution in [0.15, 0.2) is 41.5 Å². The molecule has 0 unspecified atom stereocenters. The van der Waals surface area contributed by atoms with Gasteiger partial charge in [0.25, 0.3) is 5.91 Å². The Hall–Kier alpha value is -2.53. The van der Waals surface area contributed by atoms with E-state index < -0.39 is 18.5 Å². The number of nitrogens with one attached hydrogen (secondary N) is 1. The van der Waals surface area contributed by atoms with Crippen LogP contribution in [0.1, 0.15) is 5.56 Å². The number of benzene rings is 2. The summed E-state index contributed by atoms with van der Waals surface area (Å²) >= 11 is 7.83. The summed E-state index contributed by atoms with van der Waals surface area (Å²) in [6.45, 7) is -0.705. The normalized spacial score (nSPS) is 10.5. The number of carbonyl (C=O) groups is 2. The highest BCUT2D eigenvalue weighted by molar-refractivity contribution is 14.1. The van der Waals surface area contributed by atoms with Crippen molar-refractivity contribution in [2.75, 3.05) is 20.3 Å². The Balaban J connectivity index is 1.94. The predicted molar refractivity (Wildman–Crippen MR) is 112 cm³/mol. The molecule has 2 aromatic rings. The second-order valence-electron chi connectivity index (χ2n) is 5.26. The van der Waals surface area contributed by atoms with Crippen LogP contribution in [0.2, 0.25) is 5.02 Å². The Morgan fingerprint density at radius 2 is 2.04 bits per heavy atom. The zero-order valence-electron chi connectivity index (χ0n) is 14.6. The van der Waals surface area contributed by atoms with Crippen molar-refractivity contribution in [3.8, 4) is 17.2 Å². The topological polar surface area (TPSA) is 106 Å². The second-order valence-corrected chi connectivity index (χ2v) is 6.85. The van der Waals surface area contributed by atoms with Crippen LogP contribution in [0.25, 0.3) is 0 Å². The van der Waals surface area contributed by atoms with E-state index in [0.717, 1.165) is 0 Å². The summed E-state index contributed by atoms with van der Waals surface area (Å²) < 4.78 is 16.4. The quantitative estimate of drug-likeness (QED) is 0.300. The molecule has 0 bridgehead atoms. The molecule has 0 atom stereocenters. The molecule has 28 heavy (non-hydrogen) atoms. The standard InChI is InChI=1S/C18H16ClIN2O6/c1-26-15-6-11(5-14(20)18(15)28-10-17(24)25)8-21-22-16(23)9-27-13-4-2-3-12(19)7-13/h2-8H,9-10H2,1H3,(H,22,23)(H,24,25)/b21-8+. The molecular formula is C18H16ClIN2O6. The van der Waals surface area contributed by atoms with Crippen molar-refractivity contribution in [1.29, 1.82) is 0 Å². The number of carbonyl (C=O) groups excluding carboxylic acids is 1. The number of carboxylic acid groups (broad SMARTS) is 1. The average molecular weight is 519 g/mol. The van der Waals surface area contributed by atoms with Crippen molar-refractivity contribution in [3.05, 3.63) is 50.6 Å². The minimum absolute atomic E-state index is 0.222. The van der Waals surface area contributed by atoms with Crippen molar-refractivity contribution in [2.45, 2.75) is 0 Å². The molecule has 2 aromatic carbocycles. The van der Waals surface area contributed by atoms with Gasteiger partial charge in [-0.25, -0.2) is 10.2 Å². The molecule has 2 rings (SSSR count). The lowest BCUT2D eigenvalue weighted by molar-refractivity contribution is -0.139. The molecule has 148 valence electrons. The summed E-state index contributed by atoms with van der Waals surface area (Å²) in [4.78, 5) is 22.5. The third-order valence-corrected chi connectivity index (χ3v) is 4.20. The van der Waals surface area contributed by atoms with Crippen LogP contribution < -0.4 is 19.6 Å². The van der Waals surface area contributed by atoms with Gasteiger partial charge in [0.1, 0.15) is 5.75 Å². The van der Waals surface area contributed by atoms with Gasteiger partial charge in [0.2, 0.25) is 0 Å². The third-order valence-electron chi connectivity index (χ3n) is 3.16. The number of carboxylic acids is 1. The number of rotatable bonds is 9. The zero-order valence-corrected chi connectivity index (χ0v) is 17.6. The smallest absolute Gasteiger partial charge is 0.341 e. The molecule has 8 nitrogen and oxygen atoms in total. The lowest BCUT2D eigenvalue weighted by atomic mass is 10.2. The maximum atomic E-state index is 11.8. The van der Waals surface area contributed by atoms with Crippen LogP contribution >= 0.6 is 34.2 Å². The van der Waals surface area contributed by atoms with Gasteiger partial charge < -0.3 is 19.3 Å². The third kappa shape index (κ3) is 6.89. The van der Waals surface area contributed by atoms with Crippen LogP contribution in [0.5, 0.6) is 17.2 Å². The number of ether oxygens (including phenoxy) is 3. The molecule has 0 radical (unpaired) electrons. The molecule has 0 spiro atoms. The fourth-order valence-corrected chi connectivity index (χ4v) is 2.97. The van der Waals surface area contributed by atoms with E-state index in [0.29, 0.717) is 31.4 Å². The molecule has 0 heterocycles. The maximum Gasteiger partial charge on any atom is 0.341 e. The minimum Gasteiger partial charge on any atom is -0.493 e. The van der Waals surface area contributed by atoms with E-state index in [2.05, 4.69) is 10.5 Å². The number of amides is 1. The van der Waals surface area contributed by atoms with E-state index in [9.17, 15) is 9.59 Å². The Kier molecular flexibility index (Phi) is 8.33. The number of nitrogens with zero attached hydrogens (tertiary/aromatic N) is 1. The van der Waals surface area contributed by atoms with E-state index in [4.69, 9.17) is 30.9 Å². The molecule has 0 saturated heterocycles.